The number of benzene rings is 3. The highest BCUT2D eigenvalue weighted by Crippen LogP contribution is 2.43. The smallest absolute Gasteiger partial charge is 0.274 e. The first kappa shape index (κ1) is 29.9. The monoisotopic (exact) mass is 593 g/mol. The predicted octanol–water partition coefficient (Wildman–Crippen LogP) is 7.41. The molecule has 0 unspecified atom stereocenters. The molecule has 2 heterocycles. The van der Waals surface area contributed by atoms with Gasteiger partial charge < -0.3 is 15.5 Å². The number of carbonyl (C=O) groups is 1. The van der Waals surface area contributed by atoms with Crippen molar-refractivity contribution in [3.05, 3.63) is 105 Å². The number of carbonyl (C=O) groups excluding carboxylic acids is 1. The van der Waals surface area contributed by atoms with Gasteiger partial charge in [-0.05, 0) is 68.2 Å². The summed E-state index contributed by atoms with van der Waals surface area (Å²) in [6, 6.07) is 15.5. The number of fused-ring (bicyclic) bond motifs is 1. The van der Waals surface area contributed by atoms with Gasteiger partial charge in [0.2, 0.25) is 5.91 Å². The quantitative estimate of drug-likeness (QED) is 0.148. The first-order valence-electron chi connectivity index (χ1n) is 14.4. The highest BCUT2D eigenvalue weighted by Gasteiger charge is 2.31. The number of para-hydroxylation sites is 1. The van der Waals surface area contributed by atoms with Gasteiger partial charge in [0.25, 0.3) is 11.2 Å². The Hall–Kier alpha value is -4.54. The van der Waals surface area contributed by atoms with Crippen LogP contribution in [0.1, 0.15) is 43.4 Å². The number of piperazine rings is 1. The van der Waals surface area contributed by atoms with Crippen molar-refractivity contribution in [3.8, 4) is 16.8 Å². The Morgan fingerprint density at radius 1 is 1.14 bits per heavy atom. The van der Waals surface area contributed by atoms with Crippen LogP contribution in [0.5, 0.6) is 0 Å². The third kappa shape index (κ3) is 5.17. The molecule has 0 spiro atoms. The van der Waals surface area contributed by atoms with E-state index in [1.807, 2.05) is 69.3 Å². The highest BCUT2D eigenvalue weighted by atomic mass is 35.5. The van der Waals surface area contributed by atoms with E-state index in [0.29, 0.717) is 52.5 Å². The van der Waals surface area contributed by atoms with Crippen molar-refractivity contribution in [3.63, 3.8) is 0 Å². The second-order valence-electron chi connectivity index (χ2n) is 11.6. The van der Waals surface area contributed by atoms with Gasteiger partial charge in [0, 0.05) is 52.9 Å². The van der Waals surface area contributed by atoms with E-state index in [0.717, 1.165) is 27.9 Å². The maximum absolute atomic E-state index is 14.5. The molecule has 4 aromatic rings. The molecule has 3 aromatic carbocycles. The highest BCUT2D eigenvalue weighted by molar-refractivity contribution is 6.34. The molecular formula is C35H36ClN5O2. The van der Waals surface area contributed by atoms with Crippen LogP contribution >= 0.6 is 11.6 Å². The first-order chi connectivity index (χ1) is 20.5. The fourth-order valence-electron chi connectivity index (χ4n) is 6.22. The van der Waals surface area contributed by atoms with Gasteiger partial charge in [-0.1, -0.05) is 61.9 Å². The Balaban J connectivity index is 1.89. The van der Waals surface area contributed by atoms with Gasteiger partial charge >= 0.3 is 0 Å². The van der Waals surface area contributed by atoms with Crippen LogP contribution in [0.25, 0.3) is 32.6 Å². The van der Waals surface area contributed by atoms with E-state index in [9.17, 15) is 9.59 Å². The molecule has 220 valence electrons. The molecule has 5 rings (SSSR count). The minimum Gasteiger partial charge on any atom is -0.398 e. The van der Waals surface area contributed by atoms with Crippen LogP contribution in [0, 0.1) is 20.4 Å². The number of halogens is 1. The van der Waals surface area contributed by atoms with Gasteiger partial charge in [-0.2, -0.15) is 0 Å². The SMILES string of the molecule is [C-]#[N+]c1c(N2CCN(C(=O)C=C)C[C@@H]2C)c2cc(Cl)c(-c3cc(C)cc(C)c3N)cc2n(-c2ccccc2C(C)C)c1=O. The fraction of sp³-hybridized carbons (Fsp3) is 0.286. The van der Waals surface area contributed by atoms with Crippen molar-refractivity contribution in [1.82, 2.24) is 9.47 Å². The summed E-state index contributed by atoms with van der Waals surface area (Å²) in [5.74, 6) is -0.00672. The molecule has 0 aliphatic carbocycles. The Morgan fingerprint density at radius 3 is 2.51 bits per heavy atom. The average molecular weight is 594 g/mol. The molecule has 0 radical (unpaired) electrons. The summed E-state index contributed by atoms with van der Waals surface area (Å²) in [6.45, 7) is 23.3. The summed E-state index contributed by atoms with van der Waals surface area (Å²) in [6.07, 6.45) is 1.32. The number of amides is 1. The van der Waals surface area contributed by atoms with Crippen LogP contribution < -0.4 is 16.2 Å². The van der Waals surface area contributed by atoms with E-state index in [1.165, 1.54) is 6.08 Å². The summed E-state index contributed by atoms with van der Waals surface area (Å²) in [5.41, 5.74) is 13.2. The van der Waals surface area contributed by atoms with Gasteiger partial charge in [0.15, 0.2) is 0 Å². The second kappa shape index (κ2) is 11.6. The number of aryl methyl sites for hydroxylation is 2. The number of hydrogen-bond donors (Lipinski definition) is 1. The number of pyridine rings is 1. The average Bonchev–Trinajstić information content (AvgIpc) is 2.98. The van der Waals surface area contributed by atoms with E-state index < -0.39 is 5.56 Å². The molecule has 43 heavy (non-hydrogen) atoms. The molecule has 1 amide bonds. The molecule has 2 N–H and O–H groups in total. The maximum atomic E-state index is 14.5. The zero-order valence-corrected chi connectivity index (χ0v) is 26.0. The zero-order valence-electron chi connectivity index (χ0n) is 25.2. The van der Waals surface area contributed by atoms with Crippen LogP contribution in [-0.2, 0) is 4.79 Å². The van der Waals surface area contributed by atoms with Crippen LogP contribution in [0.2, 0.25) is 5.02 Å². The lowest BCUT2D eigenvalue weighted by atomic mass is 9.95. The molecule has 0 saturated carbocycles. The Bertz CT molecular complexity index is 1880. The van der Waals surface area contributed by atoms with Crippen LogP contribution in [0.3, 0.4) is 0 Å². The topological polar surface area (TPSA) is 75.9 Å². The lowest BCUT2D eigenvalue weighted by molar-refractivity contribution is -0.126. The summed E-state index contributed by atoms with van der Waals surface area (Å²) < 4.78 is 1.66. The summed E-state index contributed by atoms with van der Waals surface area (Å²) in [5, 5.41) is 1.16. The van der Waals surface area contributed by atoms with E-state index in [2.05, 4.69) is 30.2 Å². The van der Waals surface area contributed by atoms with E-state index >= 15 is 0 Å². The molecule has 1 atom stereocenters. The summed E-state index contributed by atoms with van der Waals surface area (Å²) >= 11 is 7.06. The summed E-state index contributed by atoms with van der Waals surface area (Å²) in [4.78, 5) is 34.5. The van der Waals surface area contributed by atoms with Gasteiger partial charge in [-0.3, -0.25) is 14.2 Å². The van der Waals surface area contributed by atoms with Gasteiger partial charge in [-0.25, -0.2) is 4.85 Å². The lowest BCUT2D eigenvalue weighted by Crippen LogP contribution is -2.53. The Kier molecular flexibility index (Phi) is 8.09. The molecule has 0 bridgehead atoms. The Labute approximate surface area is 257 Å². The molecule has 7 nitrogen and oxygen atoms in total. The van der Waals surface area contributed by atoms with E-state index in [1.54, 1.807) is 9.47 Å². The van der Waals surface area contributed by atoms with Gasteiger partial charge in [0.1, 0.15) is 0 Å². The molecule has 1 fully saturated rings. The van der Waals surface area contributed by atoms with Crippen molar-refractivity contribution in [2.75, 3.05) is 30.3 Å². The zero-order chi connectivity index (χ0) is 31.2. The third-order valence-corrected chi connectivity index (χ3v) is 8.66. The number of nitrogens with two attached hydrogens (primary N) is 1. The minimum atomic E-state index is -0.399. The number of rotatable bonds is 5. The molecule has 1 aliphatic heterocycles. The fourth-order valence-corrected chi connectivity index (χ4v) is 6.48. The number of nitrogens with zero attached hydrogens (tertiary/aromatic N) is 4. The maximum Gasteiger partial charge on any atom is 0.274 e. The number of anilines is 2. The van der Waals surface area contributed by atoms with Crippen LogP contribution in [0.4, 0.5) is 17.1 Å². The van der Waals surface area contributed by atoms with Gasteiger partial charge in [0.05, 0.1) is 23.5 Å². The third-order valence-electron chi connectivity index (χ3n) is 8.35. The standard InChI is InChI=1S/C35H36ClN5O2/c1-8-31(42)39-13-14-40(23(6)19-39)34-27-17-28(36)25(26-16-21(4)15-22(5)32(26)37)18-30(27)41(35(43)33(34)38-7)29-12-10-9-11-24(29)20(2)3/h8-12,15-18,20,23H,1,13-14,19,37H2,2-6H3/t23-/m0/s1. The van der Waals surface area contributed by atoms with Crippen LogP contribution in [0.15, 0.2) is 66.0 Å². The second-order valence-corrected chi connectivity index (χ2v) is 12.0. The molecule has 1 aliphatic rings. The van der Waals surface area contributed by atoms with Crippen molar-refractivity contribution in [1.29, 1.82) is 0 Å². The van der Waals surface area contributed by atoms with E-state index in [4.69, 9.17) is 23.9 Å². The Morgan fingerprint density at radius 2 is 1.86 bits per heavy atom. The molecule has 8 heteroatoms. The lowest BCUT2D eigenvalue weighted by Gasteiger charge is -2.42. The van der Waals surface area contributed by atoms with Crippen molar-refractivity contribution in [2.45, 2.75) is 46.6 Å². The number of nitrogen functional groups attached to an aromatic ring is 1. The molecule has 1 aromatic heterocycles. The molecular weight excluding hydrogens is 558 g/mol. The number of aromatic nitrogens is 1. The van der Waals surface area contributed by atoms with Gasteiger partial charge in [-0.15, -0.1) is 0 Å². The normalized spacial score (nSPS) is 15.2. The molecule has 1 saturated heterocycles. The predicted molar refractivity (Wildman–Crippen MR) is 178 cm³/mol. The van der Waals surface area contributed by atoms with Crippen LogP contribution in [-0.4, -0.2) is 41.1 Å². The number of hydrogen-bond acceptors (Lipinski definition) is 4. The summed E-state index contributed by atoms with van der Waals surface area (Å²) in [7, 11) is 0. The van der Waals surface area contributed by atoms with Crippen molar-refractivity contribution in [2.24, 2.45) is 0 Å². The largest absolute Gasteiger partial charge is 0.398 e. The van der Waals surface area contributed by atoms with Crippen molar-refractivity contribution < 1.29 is 4.79 Å². The van der Waals surface area contributed by atoms with E-state index in [-0.39, 0.29) is 23.6 Å². The van der Waals surface area contributed by atoms with Crippen molar-refractivity contribution >= 4 is 45.5 Å². The first-order valence-corrected chi connectivity index (χ1v) is 14.8. The minimum absolute atomic E-state index is 0.0242.